The predicted octanol–water partition coefficient (Wildman–Crippen LogP) is 7.05. The summed E-state index contributed by atoms with van der Waals surface area (Å²) < 4.78 is 0. The van der Waals surface area contributed by atoms with Gasteiger partial charge < -0.3 is 5.11 Å². The summed E-state index contributed by atoms with van der Waals surface area (Å²) in [7, 11) is 0. The Kier molecular flexibility index (Phi) is 7.88. The highest BCUT2D eigenvalue weighted by Crippen LogP contribution is 2.33. The van der Waals surface area contributed by atoms with Gasteiger partial charge in [-0.3, -0.25) is 0 Å². The normalized spacial score (nSPS) is 10.9. The maximum Gasteiger partial charge on any atom is 0.126 e. The highest BCUT2D eigenvalue weighted by atomic mass is 16.3. The Morgan fingerprint density at radius 3 is 2.08 bits per heavy atom. The van der Waals surface area contributed by atoms with Gasteiger partial charge in [-0.1, -0.05) is 88.3 Å². The monoisotopic (exact) mass is 324 g/mol. The molecule has 0 aliphatic heterocycles. The Balaban J connectivity index is 1.87. The van der Waals surface area contributed by atoms with E-state index < -0.39 is 0 Å². The zero-order valence-corrected chi connectivity index (χ0v) is 15.4. The molecule has 0 aliphatic carbocycles. The van der Waals surface area contributed by atoms with Crippen molar-refractivity contribution < 1.29 is 5.11 Å². The standard InChI is InChI=1S/C23H32O/c1-3-4-5-6-7-8-9-11-14-20-17-19(2)23(24)22(18-20)21-15-12-10-13-16-21/h10,12-13,15-18,24H,3-9,11,14H2,1-2H3. The first-order valence-electron chi connectivity index (χ1n) is 9.60. The molecule has 0 atom stereocenters. The molecule has 0 radical (unpaired) electrons. The van der Waals surface area contributed by atoms with Gasteiger partial charge >= 0.3 is 0 Å². The van der Waals surface area contributed by atoms with Crippen molar-refractivity contribution >= 4 is 0 Å². The molecule has 1 heteroatoms. The maximum atomic E-state index is 10.4. The minimum absolute atomic E-state index is 0.417. The van der Waals surface area contributed by atoms with Crippen LogP contribution in [0.3, 0.4) is 0 Å². The third-order valence-electron chi connectivity index (χ3n) is 4.76. The first-order chi connectivity index (χ1) is 11.7. The van der Waals surface area contributed by atoms with Crippen LogP contribution in [0.25, 0.3) is 11.1 Å². The molecule has 0 saturated heterocycles. The van der Waals surface area contributed by atoms with Crippen LogP contribution in [-0.4, -0.2) is 5.11 Å². The van der Waals surface area contributed by atoms with E-state index in [4.69, 9.17) is 0 Å². The van der Waals surface area contributed by atoms with Crippen LogP contribution >= 0.6 is 0 Å². The molecule has 0 saturated carbocycles. The fraction of sp³-hybridized carbons (Fsp3) is 0.478. The molecule has 1 nitrogen and oxygen atoms in total. The van der Waals surface area contributed by atoms with Crippen molar-refractivity contribution in [1.82, 2.24) is 0 Å². The number of phenolic OH excluding ortho intramolecular Hbond substituents is 1. The van der Waals surface area contributed by atoms with Gasteiger partial charge in [0.05, 0.1) is 0 Å². The molecule has 0 amide bonds. The zero-order valence-electron chi connectivity index (χ0n) is 15.4. The Morgan fingerprint density at radius 2 is 1.42 bits per heavy atom. The summed E-state index contributed by atoms with van der Waals surface area (Å²) in [5.74, 6) is 0.417. The Bertz CT molecular complexity index is 601. The molecule has 0 unspecified atom stereocenters. The molecular formula is C23H32O. The Hall–Kier alpha value is -1.76. The van der Waals surface area contributed by atoms with E-state index in [1.807, 2.05) is 25.1 Å². The summed E-state index contributed by atoms with van der Waals surface area (Å²) in [6, 6.07) is 14.5. The molecule has 0 spiro atoms. The van der Waals surface area contributed by atoms with Gasteiger partial charge in [-0.25, -0.2) is 0 Å². The number of unbranched alkanes of at least 4 members (excludes halogenated alkanes) is 7. The van der Waals surface area contributed by atoms with Crippen LogP contribution in [0.4, 0.5) is 0 Å². The third-order valence-corrected chi connectivity index (χ3v) is 4.76. The summed E-state index contributed by atoms with van der Waals surface area (Å²) in [4.78, 5) is 0. The SMILES string of the molecule is CCCCCCCCCCc1cc(C)c(O)c(-c2ccccc2)c1. The molecule has 2 aromatic rings. The van der Waals surface area contributed by atoms with Crippen molar-refractivity contribution in [3.63, 3.8) is 0 Å². The number of aryl methyl sites for hydroxylation is 2. The van der Waals surface area contributed by atoms with E-state index in [0.29, 0.717) is 5.75 Å². The van der Waals surface area contributed by atoms with Gasteiger partial charge in [0.1, 0.15) is 5.75 Å². The second kappa shape index (κ2) is 10.2. The van der Waals surface area contributed by atoms with Crippen LogP contribution in [0.15, 0.2) is 42.5 Å². The van der Waals surface area contributed by atoms with Crippen molar-refractivity contribution in [1.29, 1.82) is 0 Å². The van der Waals surface area contributed by atoms with Crippen LogP contribution in [0, 0.1) is 6.92 Å². The summed E-state index contributed by atoms with van der Waals surface area (Å²) in [5.41, 5.74) is 4.38. The quantitative estimate of drug-likeness (QED) is 0.464. The van der Waals surface area contributed by atoms with Gasteiger partial charge in [0.25, 0.3) is 0 Å². The van der Waals surface area contributed by atoms with E-state index in [0.717, 1.165) is 23.1 Å². The average Bonchev–Trinajstić information content (AvgIpc) is 2.61. The van der Waals surface area contributed by atoms with Crippen LogP contribution < -0.4 is 0 Å². The first-order valence-corrected chi connectivity index (χ1v) is 9.60. The summed E-state index contributed by atoms with van der Waals surface area (Å²) in [6.07, 6.45) is 11.9. The number of hydrogen-bond acceptors (Lipinski definition) is 1. The number of benzene rings is 2. The fourth-order valence-corrected chi connectivity index (χ4v) is 3.30. The fourth-order valence-electron chi connectivity index (χ4n) is 3.30. The van der Waals surface area contributed by atoms with Crippen molar-refractivity contribution in [2.45, 2.75) is 71.6 Å². The molecule has 0 bridgehead atoms. The number of hydrogen-bond donors (Lipinski definition) is 1. The molecule has 0 aromatic heterocycles. The van der Waals surface area contributed by atoms with Crippen molar-refractivity contribution in [2.75, 3.05) is 0 Å². The van der Waals surface area contributed by atoms with E-state index >= 15 is 0 Å². The van der Waals surface area contributed by atoms with Crippen molar-refractivity contribution in [2.24, 2.45) is 0 Å². The molecule has 1 N–H and O–H groups in total. The van der Waals surface area contributed by atoms with Gasteiger partial charge in [0, 0.05) is 5.56 Å². The predicted molar refractivity (Wildman–Crippen MR) is 105 cm³/mol. The summed E-state index contributed by atoms with van der Waals surface area (Å²) in [6.45, 7) is 4.27. The van der Waals surface area contributed by atoms with Crippen molar-refractivity contribution in [3.05, 3.63) is 53.6 Å². The van der Waals surface area contributed by atoms with Gasteiger partial charge in [0.15, 0.2) is 0 Å². The topological polar surface area (TPSA) is 20.2 Å². The second-order valence-electron chi connectivity index (χ2n) is 6.90. The lowest BCUT2D eigenvalue weighted by Crippen LogP contribution is -1.91. The van der Waals surface area contributed by atoms with E-state index in [2.05, 4.69) is 31.2 Å². The van der Waals surface area contributed by atoms with E-state index in [1.54, 1.807) is 0 Å². The molecule has 24 heavy (non-hydrogen) atoms. The molecule has 0 heterocycles. The Labute approximate surface area is 147 Å². The lowest BCUT2D eigenvalue weighted by atomic mass is 9.96. The number of phenols is 1. The number of rotatable bonds is 10. The molecule has 130 valence electrons. The lowest BCUT2D eigenvalue weighted by Gasteiger charge is -2.11. The van der Waals surface area contributed by atoms with Gasteiger partial charge in [-0.15, -0.1) is 0 Å². The zero-order chi connectivity index (χ0) is 17.2. The number of aromatic hydroxyl groups is 1. The highest BCUT2D eigenvalue weighted by Gasteiger charge is 2.09. The smallest absolute Gasteiger partial charge is 0.126 e. The minimum atomic E-state index is 0.417. The van der Waals surface area contributed by atoms with Crippen LogP contribution in [0.2, 0.25) is 0 Å². The molecule has 0 fully saturated rings. The summed E-state index contributed by atoms with van der Waals surface area (Å²) in [5, 5.41) is 10.4. The van der Waals surface area contributed by atoms with Crippen LogP contribution in [-0.2, 0) is 6.42 Å². The van der Waals surface area contributed by atoms with Crippen LogP contribution in [0.1, 0.15) is 69.4 Å². The second-order valence-corrected chi connectivity index (χ2v) is 6.90. The molecular weight excluding hydrogens is 292 g/mol. The molecule has 0 aliphatic rings. The maximum absolute atomic E-state index is 10.4. The molecule has 2 aromatic carbocycles. The first kappa shape index (κ1) is 18.6. The van der Waals surface area contributed by atoms with Gasteiger partial charge in [0.2, 0.25) is 0 Å². The largest absolute Gasteiger partial charge is 0.507 e. The summed E-state index contributed by atoms with van der Waals surface area (Å²) >= 11 is 0. The lowest BCUT2D eigenvalue weighted by molar-refractivity contribution is 0.473. The van der Waals surface area contributed by atoms with Crippen molar-refractivity contribution in [3.8, 4) is 16.9 Å². The minimum Gasteiger partial charge on any atom is -0.507 e. The van der Waals surface area contributed by atoms with Gasteiger partial charge in [-0.2, -0.15) is 0 Å². The van der Waals surface area contributed by atoms with Gasteiger partial charge in [-0.05, 0) is 42.5 Å². The highest BCUT2D eigenvalue weighted by molar-refractivity contribution is 5.72. The molecule has 2 rings (SSSR count). The Morgan fingerprint density at radius 1 is 0.792 bits per heavy atom. The third kappa shape index (κ3) is 5.70. The van der Waals surface area contributed by atoms with Crippen LogP contribution in [0.5, 0.6) is 5.75 Å². The van der Waals surface area contributed by atoms with E-state index in [1.165, 1.54) is 56.9 Å². The van der Waals surface area contributed by atoms with E-state index in [-0.39, 0.29) is 0 Å². The average molecular weight is 325 g/mol. The van der Waals surface area contributed by atoms with E-state index in [9.17, 15) is 5.11 Å².